The Labute approximate surface area is 210 Å². The van der Waals surface area contributed by atoms with Crippen LogP contribution in [0.15, 0.2) is 36.4 Å². The van der Waals surface area contributed by atoms with Crippen molar-refractivity contribution in [2.75, 3.05) is 0 Å². The van der Waals surface area contributed by atoms with Crippen molar-refractivity contribution >= 4 is 0 Å². The standard InChI is InChI=1S/C33H51F/c1-2-3-4-5-26-14-20-31(21-15-26)32-22-16-29(17-23-32)12-10-27-6-8-28(9-7-27)11-13-30-18-24-33(34)25-19-30/h10,12,18-19,24-29,31-32H,2-9,11,13-17,20-23H2,1H3/t26-,27-,28-,29-,31-,32-. The molecule has 0 amide bonds. The molecule has 0 saturated heterocycles. The van der Waals surface area contributed by atoms with Gasteiger partial charge in [0.05, 0.1) is 0 Å². The first-order valence-electron chi connectivity index (χ1n) is 15.1. The normalized spacial score (nSPS) is 32.8. The van der Waals surface area contributed by atoms with Gasteiger partial charge in [-0.05, 0) is 130 Å². The molecule has 4 rings (SSSR count). The molecule has 0 atom stereocenters. The summed E-state index contributed by atoms with van der Waals surface area (Å²) in [5.41, 5.74) is 1.29. The fourth-order valence-electron chi connectivity index (χ4n) is 7.45. The Kier molecular flexibility index (Phi) is 10.6. The average molecular weight is 467 g/mol. The zero-order chi connectivity index (χ0) is 23.6. The molecule has 0 spiro atoms. The summed E-state index contributed by atoms with van der Waals surface area (Å²) in [6.45, 7) is 2.33. The van der Waals surface area contributed by atoms with Crippen LogP contribution in [-0.4, -0.2) is 0 Å². The number of unbranched alkanes of at least 4 members (excludes halogenated alkanes) is 2. The number of allylic oxidation sites excluding steroid dienone is 2. The van der Waals surface area contributed by atoms with Gasteiger partial charge in [0, 0.05) is 0 Å². The molecule has 3 aliphatic rings. The number of benzene rings is 1. The molecular formula is C33H51F. The van der Waals surface area contributed by atoms with Crippen LogP contribution in [0.1, 0.15) is 122 Å². The van der Waals surface area contributed by atoms with Crippen molar-refractivity contribution in [2.24, 2.45) is 35.5 Å². The quantitative estimate of drug-likeness (QED) is 0.237. The zero-order valence-electron chi connectivity index (χ0n) is 22.0. The highest BCUT2D eigenvalue weighted by Gasteiger charge is 2.30. The molecule has 3 saturated carbocycles. The fourth-order valence-corrected chi connectivity index (χ4v) is 7.45. The Morgan fingerprint density at radius 2 is 1.15 bits per heavy atom. The second-order valence-electron chi connectivity index (χ2n) is 12.3. The topological polar surface area (TPSA) is 0 Å². The molecule has 190 valence electrons. The van der Waals surface area contributed by atoms with Gasteiger partial charge >= 0.3 is 0 Å². The maximum Gasteiger partial charge on any atom is 0.123 e. The molecule has 0 radical (unpaired) electrons. The van der Waals surface area contributed by atoms with Gasteiger partial charge in [0.25, 0.3) is 0 Å². The Balaban J connectivity index is 1.08. The van der Waals surface area contributed by atoms with Gasteiger partial charge in [0.1, 0.15) is 5.82 Å². The van der Waals surface area contributed by atoms with Gasteiger partial charge in [-0.2, -0.15) is 0 Å². The lowest BCUT2D eigenvalue weighted by Crippen LogP contribution is -2.25. The van der Waals surface area contributed by atoms with Crippen LogP contribution < -0.4 is 0 Å². The number of rotatable bonds is 10. The van der Waals surface area contributed by atoms with E-state index in [4.69, 9.17) is 0 Å². The predicted octanol–water partition coefficient (Wildman–Crippen LogP) is 10.3. The molecule has 0 bridgehead atoms. The fraction of sp³-hybridized carbons (Fsp3) is 0.758. The van der Waals surface area contributed by atoms with E-state index in [1.54, 1.807) is 12.1 Å². The Hall–Kier alpha value is -1.11. The predicted molar refractivity (Wildman–Crippen MR) is 144 cm³/mol. The van der Waals surface area contributed by atoms with E-state index in [-0.39, 0.29) is 5.82 Å². The lowest BCUT2D eigenvalue weighted by atomic mass is 9.68. The lowest BCUT2D eigenvalue weighted by molar-refractivity contribution is 0.151. The third kappa shape index (κ3) is 8.23. The molecule has 3 fully saturated rings. The van der Waals surface area contributed by atoms with Crippen LogP contribution in [0.5, 0.6) is 0 Å². The molecule has 0 nitrogen and oxygen atoms in total. The van der Waals surface area contributed by atoms with Crippen LogP contribution in [0.25, 0.3) is 0 Å². The Bertz CT molecular complexity index is 695. The van der Waals surface area contributed by atoms with Crippen molar-refractivity contribution in [3.8, 4) is 0 Å². The minimum absolute atomic E-state index is 0.121. The van der Waals surface area contributed by atoms with E-state index in [9.17, 15) is 4.39 Å². The highest BCUT2D eigenvalue weighted by atomic mass is 19.1. The van der Waals surface area contributed by atoms with Crippen LogP contribution >= 0.6 is 0 Å². The van der Waals surface area contributed by atoms with Gasteiger partial charge in [0.2, 0.25) is 0 Å². The third-order valence-electron chi connectivity index (χ3n) is 9.89. The zero-order valence-corrected chi connectivity index (χ0v) is 22.0. The molecule has 0 aliphatic heterocycles. The van der Waals surface area contributed by atoms with Crippen LogP contribution in [0, 0.1) is 41.3 Å². The second-order valence-corrected chi connectivity index (χ2v) is 12.3. The van der Waals surface area contributed by atoms with Crippen LogP contribution in [-0.2, 0) is 6.42 Å². The molecule has 0 N–H and O–H groups in total. The van der Waals surface area contributed by atoms with Crippen molar-refractivity contribution in [1.29, 1.82) is 0 Å². The smallest absolute Gasteiger partial charge is 0.123 e. The minimum atomic E-state index is -0.121. The monoisotopic (exact) mass is 466 g/mol. The Morgan fingerprint density at radius 3 is 1.74 bits per heavy atom. The van der Waals surface area contributed by atoms with Crippen molar-refractivity contribution in [1.82, 2.24) is 0 Å². The lowest BCUT2D eigenvalue weighted by Gasteiger charge is -2.37. The largest absolute Gasteiger partial charge is 0.207 e. The van der Waals surface area contributed by atoms with Crippen molar-refractivity contribution in [3.63, 3.8) is 0 Å². The summed E-state index contributed by atoms with van der Waals surface area (Å²) < 4.78 is 13.1. The van der Waals surface area contributed by atoms with Gasteiger partial charge in [-0.1, -0.05) is 69.7 Å². The summed E-state index contributed by atoms with van der Waals surface area (Å²) in [6.07, 6.45) is 30.9. The van der Waals surface area contributed by atoms with Crippen molar-refractivity contribution in [2.45, 2.75) is 122 Å². The van der Waals surface area contributed by atoms with Gasteiger partial charge in [0.15, 0.2) is 0 Å². The van der Waals surface area contributed by atoms with E-state index in [0.717, 1.165) is 41.9 Å². The summed E-state index contributed by atoms with van der Waals surface area (Å²) in [7, 11) is 0. The van der Waals surface area contributed by atoms with E-state index in [1.807, 2.05) is 12.1 Å². The summed E-state index contributed by atoms with van der Waals surface area (Å²) in [4.78, 5) is 0. The molecule has 34 heavy (non-hydrogen) atoms. The SMILES string of the molecule is CCCCC[C@H]1CC[C@H]([C@H]2CC[C@H](C=C[C@H]3CC[C@H](CCc4ccc(F)cc4)CC3)CC2)CC1. The summed E-state index contributed by atoms with van der Waals surface area (Å²) in [5.74, 6) is 5.58. The maximum absolute atomic E-state index is 13.1. The average Bonchev–Trinajstić information content (AvgIpc) is 2.89. The Morgan fingerprint density at radius 1 is 0.647 bits per heavy atom. The molecule has 0 aromatic heterocycles. The number of hydrogen-bond donors (Lipinski definition) is 0. The van der Waals surface area contributed by atoms with Crippen molar-refractivity contribution < 1.29 is 4.39 Å². The first-order valence-corrected chi connectivity index (χ1v) is 15.1. The van der Waals surface area contributed by atoms with E-state index < -0.39 is 0 Å². The molecule has 1 aromatic carbocycles. The minimum Gasteiger partial charge on any atom is -0.207 e. The first kappa shape index (κ1) is 26.0. The van der Waals surface area contributed by atoms with E-state index >= 15 is 0 Å². The van der Waals surface area contributed by atoms with Crippen molar-refractivity contribution in [3.05, 3.63) is 47.8 Å². The van der Waals surface area contributed by atoms with Gasteiger partial charge in [-0.15, -0.1) is 0 Å². The molecule has 0 heterocycles. The van der Waals surface area contributed by atoms with Crippen LogP contribution in [0.4, 0.5) is 4.39 Å². The molecule has 0 unspecified atom stereocenters. The first-order chi connectivity index (χ1) is 16.7. The third-order valence-corrected chi connectivity index (χ3v) is 9.89. The number of aryl methyl sites for hydroxylation is 1. The van der Waals surface area contributed by atoms with Crippen LogP contribution in [0.2, 0.25) is 0 Å². The summed E-state index contributed by atoms with van der Waals surface area (Å²) in [6, 6.07) is 7.12. The molecule has 1 heteroatoms. The van der Waals surface area contributed by atoms with E-state index in [2.05, 4.69) is 19.1 Å². The van der Waals surface area contributed by atoms with Gasteiger partial charge in [-0.3, -0.25) is 0 Å². The molecular weight excluding hydrogens is 415 g/mol. The highest BCUT2D eigenvalue weighted by Crippen LogP contribution is 2.43. The highest BCUT2D eigenvalue weighted by molar-refractivity contribution is 5.16. The van der Waals surface area contributed by atoms with Gasteiger partial charge in [-0.25, -0.2) is 4.39 Å². The van der Waals surface area contributed by atoms with E-state index in [1.165, 1.54) is 115 Å². The summed E-state index contributed by atoms with van der Waals surface area (Å²) in [5, 5.41) is 0. The number of halogens is 1. The summed E-state index contributed by atoms with van der Waals surface area (Å²) >= 11 is 0. The molecule has 3 aliphatic carbocycles. The number of hydrogen-bond acceptors (Lipinski definition) is 0. The van der Waals surface area contributed by atoms with Gasteiger partial charge < -0.3 is 0 Å². The molecule has 1 aromatic rings. The van der Waals surface area contributed by atoms with E-state index in [0.29, 0.717) is 0 Å². The maximum atomic E-state index is 13.1. The second kappa shape index (κ2) is 13.8. The van der Waals surface area contributed by atoms with Crippen LogP contribution in [0.3, 0.4) is 0 Å².